The van der Waals surface area contributed by atoms with Gasteiger partial charge in [0.25, 0.3) is 5.89 Å². The van der Waals surface area contributed by atoms with Gasteiger partial charge in [-0.05, 0) is 23.8 Å². The zero-order valence-electron chi connectivity index (χ0n) is 14.8. The Morgan fingerprint density at radius 3 is 2.43 bits per heavy atom. The van der Waals surface area contributed by atoms with Crippen molar-refractivity contribution in [2.75, 3.05) is 0 Å². The highest BCUT2D eigenvalue weighted by Crippen LogP contribution is 2.29. The van der Waals surface area contributed by atoms with Crippen LogP contribution in [0.3, 0.4) is 0 Å². The molecule has 0 saturated heterocycles. The van der Waals surface area contributed by atoms with Crippen molar-refractivity contribution in [1.82, 2.24) is 19.9 Å². The molecule has 6 heteroatoms. The lowest BCUT2D eigenvalue weighted by Crippen LogP contribution is -2.01. The summed E-state index contributed by atoms with van der Waals surface area (Å²) in [5, 5.41) is 10.6. The average Bonchev–Trinajstić information content (AvgIpc) is 3.36. The van der Waals surface area contributed by atoms with Gasteiger partial charge in [-0.25, -0.2) is 0 Å². The van der Waals surface area contributed by atoms with E-state index >= 15 is 0 Å². The fourth-order valence-electron chi connectivity index (χ4n) is 3.19. The standard InChI is InChI=1S/C22H15ClN4O/c23-17-12-10-15(11-13-17)14-27-19-9-5-4-8-18(19)20(25-27)22-24-21(26-28-22)16-6-2-1-3-7-16/h1-13H,14H2. The predicted molar refractivity (Wildman–Crippen MR) is 109 cm³/mol. The molecule has 0 radical (unpaired) electrons. The number of benzene rings is 3. The molecule has 0 atom stereocenters. The van der Waals surface area contributed by atoms with Crippen LogP contribution in [0.4, 0.5) is 0 Å². The van der Waals surface area contributed by atoms with Gasteiger partial charge in [-0.1, -0.05) is 77.4 Å². The minimum atomic E-state index is 0.407. The number of hydrogen-bond donors (Lipinski definition) is 0. The number of hydrogen-bond acceptors (Lipinski definition) is 4. The van der Waals surface area contributed by atoms with Crippen molar-refractivity contribution < 1.29 is 4.52 Å². The van der Waals surface area contributed by atoms with Crippen molar-refractivity contribution in [3.8, 4) is 23.0 Å². The average molecular weight is 387 g/mol. The van der Waals surface area contributed by atoms with Gasteiger partial charge in [0.15, 0.2) is 5.69 Å². The first-order valence-corrected chi connectivity index (χ1v) is 9.25. The maximum atomic E-state index is 6.00. The van der Waals surface area contributed by atoms with Crippen LogP contribution in [0, 0.1) is 0 Å². The van der Waals surface area contributed by atoms with Crippen LogP contribution >= 0.6 is 11.6 Å². The molecular weight excluding hydrogens is 372 g/mol. The van der Waals surface area contributed by atoms with E-state index in [2.05, 4.69) is 10.1 Å². The van der Waals surface area contributed by atoms with E-state index in [1.54, 1.807) is 0 Å². The molecular formula is C22H15ClN4O. The molecule has 5 rings (SSSR count). The summed E-state index contributed by atoms with van der Waals surface area (Å²) in [7, 11) is 0. The summed E-state index contributed by atoms with van der Waals surface area (Å²) in [4.78, 5) is 4.56. The summed E-state index contributed by atoms with van der Waals surface area (Å²) in [6.45, 7) is 0.622. The molecule has 0 bridgehead atoms. The molecule has 0 saturated carbocycles. The highest BCUT2D eigenvalue weighted by Gasteiger charge is 2.18. The summed E-state index contributed by atoms with van der Waals surface area (Å²) >= 11 is 6.00. The first-order chi connectivity index (χ1) is 13.8. The van der Waals surface area contributed by atoms with Crippen molar-refractivity contribution in [2.24, 2.45) is 0 Å². The Morgan fingerprint density at radius 1 is 0.857 bits per heavy atom. The van der Waals surface area contributed by atoms with Gasteiger partial charge in [0.05, 0.1) is 12.1 Å². The van der Waals surface area contributed by atoms with Gasteiger partial charge < -0.3 is 4.52 Å². The topological polar surface area (TPSA) is 56.7 Å². The molecule has 0 unspecified atom stereocenters. The lowest BCUT2D eigenvalue weighted by Gasteiger charge is -2.03. The number of nitrogens with zero attached hydrogens (tertiary/aromatic N) is 4. The van der Waals surface area contributed by atoms with E-state index in [0.717, 1.165) is 22.0 Å². The zero-order valence-corrected chi connectivity index (χ0v) is 15.5. The van der Waals surface area contributed by atoms with E-state index in [4.69, 9.17) is 21.2 Å². The predicted octanol–water partition coefficient (Wildman–Crippen LogP) is 5.46. The van der Waals surface area contributed by atoms with Gasteiger partial charge in [-0.15, -0.1) is 0 Å². The molecule has 0 aliphatic carbocycles. The highest BCUT2D eigenvalue weighted by molar-refractivity contribution is 6.30. The molecule has 0 aliphatic rings. The molecule has 0 N–H and O–H groups in total. The normalized spacial score (nSPS) is 11.2. The number of halogens is 1. The first kappa shape index (κ1) is 16.7. The van der Waals surface area contributed by atoms with Crippen LogP contribution in [0.25, 0.3) is 33.9 Å². The van der Waals surface area contributed by atoms with Crippen molar-refractivity contribution in [3.05, 3.63) is 89.4 Å². The van der Waals surface area contributed by atoms with Gasteiger partial charge in [0, 0.05) is 16.0 Å². The smallest absolute Gasteiger partial charge is 0.279 e. The van der Waals surface area contributed by atoms with Crippen LogP contribution in [-0.4, -0.2) is 19.9 Å². The van der Waals surface area contributed by atoms with E-state index in [1.807, 2.05) is 83.5 Å². The Morgan fingerprint density at radius 2 is 1.61 bits per heavy atom. The minimum absolute atomic E-state index is 0.407. The van der Waals surface area contributed by atoms with Gasteiger partial charge >= 0.3 is 0 Å². The molecule has 2 heterocycles. The molecule has 5 nitrogen and oxygen atoms in total. The Bertz CT molecular complexity index is 1240. The van der Waals surface area contributed by atoms with Crippen molar-refractivity contribution in [3.63, 3.8) is 0 Å². The maximum absolute atomic E-state index is 6.00. The number of para-hydroxylation sites is 1. The molecule has 3 aromatic carbocycles. The van der Waals surface area contributed by atoms with E-state index in [1.165, 1.54) is 0 Å². The minimum Gasteiger partial charge on any atom is -0.332 e. The van der Waals surface area contributed by atoms with Gasteiger partial charge in [0.1, 0.15) is 0 Å². The highest BCUT2D eigenvalue weighted by atomic mass is 35.5. The van der Waals surface area contributed by atoms with E-state index in [9.17, 15) is 0 Å². The van der Waals surface area contributed by atoms with E-state index in [0.29, 0.717) is 29.0 Å². The third-order valence-electron chi connectivity index (χ3n) is 4.56. The molecule has 136 valence electrons. The van der Waals surface area contributed by atoms with Crippen LogP contribution in [0.15, 0.2) is 83.4 Å². The number of rotatable bonds is 4. The third kappa shape index (κ3) is 3.06. The second-order valence-corrected chi connectivity index (χ2v) is 6.88. The lowest BCUT2D eigenvalue weighted by molar-refractivity contribution is 0.430. The summed E-state index contributed by atoms with van der Waals surface area (Å²) in [6, 6.07) is 25.5. The van der Waals surface area contributed by atoms with Gasteiger partial charge in [-0.3, -0.25) is 4.68 Å². The fourth-order valence-corrected chi connectivity index (χ4v) is 3.32. The van der Waals surface area contributed by atoms with Crippen LogP contribution in [0.1, 0.15) is 5.56 Å². The van der Waals surface area contributed by atoms with Crippen LogP contribution in [0.5, 0.6) is 0 Å². The van der Waals surface area contributed by atoms with E-state index in [-0.39, 0.29) is 0 Å². The Kier molecular flexibility index (Phi) is 4.14. The second kappa shape index (κ2) is 6.94. The van der Waals surface area contributed by atoms with E-state index < -0.39 is 0 Å². The number of aromatic nitrogens is 4. The van der Waals surface area contributed by atoms with Gasteiger partial charge in [0.2, 0.25) is 5.82 Å². The van der Waals surface area contributed by atoms with Crippen LogP contribution < -0.4 is 0 Å². The van der Waals surface area contributed by atoms with Gasteiger partial charge in [-0.2, -0.15) is 10.1 Å². The molecule has 0 fully saturated rings. The second-order valence-electron chi connectivity index (χ2n) is 6.44. The van der Waals surface area contributed by atoms with Crippen LogP contribution in [0.2, 0.25) is 5.02 Å². The largest absolute Gasteiger partial charge is 0.332 e. The summed E-state index contributed by atoms with van der Waals surface area (Å²) in [5.74, 6) is 0.955. The Balaban J connectivity index is 1.57. The van der Waals surface area contributed by atoms with Crippen molar-refractivity contribution in [2.45, 2.75) is 6.54 Å². The molecule has 0 amide bonds. The van der Waals surface area contributed by atoms with Crippen LogP contribution in [-0.2, 0) is 6.54 Å². The quantitative estimate of drug-likeness (QED) is 0.412. The molecule has 0 aliphatic heterocycles. The van der Waals surface area contributed by atoms with Crippen molar-refractivity contribution in [1.29, 1.82) is 0 Å². The lowest BCUT2D eigenvalue weighted by atomic mass is 10.2. The first-order valence-electron chi connectivity index (χ1n) is 8.87. The molecule has 28 heavy (non-hydrogen) atoms. The zero-order chi connectivity index (χ0) is 18.9. The summed E-state index contributed by atoms with van der Waals surface area (Å²) < 4.78 is 7.48. The Hall–Kier alpha value is -3.44. The monoisotopic (exact) mass is 386 g/mol. The maximum Gasteiger partial charge on any atom is 0.279 e. The van der Waals surface area contributed by atoms with Crippen molar-refractivity contribution >= 4 is 22.5 Å². The summed E-state index contributed by atoms with van der Waals surface area (Å²) in [5.41, 5.74) is 3.70. The number of fused-ring (bicyclic) bond motifs is 1. The SMILES string of the molecule is Clc1ccc(Cn2nc(-c3nc(-c4ccccc4)no3)c3ccccc32)cc1. The third-order valence-corrected chi connectivity index (χ3v) is 4.82. The Labute approximate surface area is 166 Å². The molecule has 5 aromatic rings. The fraction of sp³-hybridized carbons (Fsp3) is 0.0455. The molecule has 0 spiro atoms. The molecule has 2 aromatic heterocycles. The summed E-state index contributed by atoms with van der Waals surface area (Å²) in [6.07, 6.45) is 0.